The molecule has 0 saturated carbocycles. The van der Waals surface area contributed by atoms with Crippen LogP contribution in [0.2, 0.25) is 0 Å². The second kappa shape index (κ2) is 3.19. The molecule has 0 radical (unpaired) electrons. The quantitative estimate of drug-likeness (QED) is 0.701. The zero-order valence-electron chi connectivity index (χ0n) is 7.74. The molecule has 0 aromatic carbocycles. The summed E-state index contributed by atoms with van der Waals surface area (Å²) in [4.78, 5) is 3.16. The molecule has 12 heavy (non-hydrogen) atoms. The molecule has 1 aliphatic rings. The Morgan fingerprint density at radius 2 is 2.33 bits per heavy atom. The van der Waals surface area contributed by atoms with Crippen LogP contribution >= 0.6 is 11.3 Å². The van der Waals surface area contributed by atoms with E-state index in [1.807, 2.05) is 11.3 Å². The maximum Gasteiger partial charge on any atom is 0.0219 e. The van der Waals surface area contributed by atoms with E-state index in [0.29, 0.717) is 0 Å². The molecule has 2 heteroatoms. The summed E-state index contributed by atoms with van der Waals surface area (Å²) in [6.45, 7) is 6.77. The van der Waals surface area contributed by atoms with E-state index in [1.165, 1.54) is 17.7 Å². The SMILES string of the molecule is CCc1c(C)sc2c1CNCC2. The van der Waals surface area contributed by atoms with Crippen LogP contribution in [0.25, 0.3) is 0 Å². The number of fused-ring (bicyclic) bond motifs is 1. The molecular weight excluding hydrogens is 166 g/mol. The molecular formula is C10H15NS. The Kier molecular flexibility index (Phi) is 2.20. The van der Waals surface area contributed by atoms with Crippen LogP contribution in [0.5, 0.6) is 0 Å². The summed E-state index contributed by atoms with van der Waals surface area (Å²) in [6.07, 6.45) is 2.43. The summed E-state index contributed by atoms with van der Waals surface area (Å²) in [5, 5.41) is 3.44. The summed E-state index contributed by atoms with van der Waals surface area (Å²) in [7, 11) is 0. The van der Waals surface area contributed by atoms with Gasteiger partial charge >= 0.3 is 0 Å². The summed E-state index contributed by atoms with van der Waals surface area (Å²) >= 11 is 2.00. The number of hydrogen-bond acceptors (Lipinski definition) is 2. The van der Waals surface area contributed by atoms with Crippen LogP contribution in [0.4, 0.5) is 0 Å². The van der Waals surface area contributed by atoms with Crippen LogP contribution < -0.4 is 5.32 Å². The minimum atomic E-state index is 1.10. The van der Waals surface area contributed by atoms with Crippen LogP contribution in [0.3, 0.4) is 0 Å². The minimum absolute atomic E-state index is 1.10. The van der Waals surface area contributed by atoms with Crippen LogP contribution in [-0.4, -0.2) is 6.54 Å². The summed E-state index contributed by atoms with van der Waals surface area (Å²) in [5.74, 6) is 0. The average Bonchev–Trinajstić information content (AvgIpc) is 2.40. The highest BCUT2D eigenvalue weighted by Gasteiger charge is 2.16. The number of nitrogens with one attached hydrogen (secondary N) is 1. The third-order valence-electron chi connectivity index (χ3n) is 2.59. The van der Waals surface area contributed by atoms with Gasteiger partial charge in [-0.05, 0) is 30.9 Å². The highest BCUT2D eigenvalue weighted by atomic mass is 32.1. The molecule has 0 aliphatic carbocycles. The normalized spacial score (nSPS) is 16.2. The van der Waals surface area contributed by atoms with E-state index in [9.17, 15) is 0 Å². The number of rotatable bonds is 1. The van der Waals surface area contributed by atoms with Crippen molar-refractivity contribution in [3.8, 4) is 0 Å². The molecule has 0 atom stereocenters. The van der Waals surface area contributed by atoms with Crippen molar-refractivity contribution in [2.75, 3.05) is 6.54 Å². The van der Waals surface area contributed by atoms with Gasteiger partial charge in [-0.1, -0.05) is 6.92 Å². The monoisotopic (exact) mass is 181 g/mol. The standard InChI is InChI=1S/C10H15NS/c1-3-8-7(2)12-10-4-5-11-6-9(8)10/h11H,3-6H2,1-2H3. The van der Waals surface area contributed by atoms with E-state index < -0.39 is 0 Å². The Morgan fingerprint density at radius 1 is 1.50 bits per heavy atom. The largest absolute Gasteiger partial charge is 0.312 e. The first kappa shape index (κ1) is 8.27. The second-order valence-corrected chi connectivity index (χ2v) is 4.63. The maximum absolute atomic E-state index is 3.44. The lowest BCUT2D eigenvalue weighted by Crippen LogP contribution is -2.22. The molecule has 0 spiro atoms. The lowest BCUT2D eigenvalue weighted by Gasteiger charge is -2.13. The van der Waals surface area contributed by atoms with Gasteiger partial charge in [-0.3, -0.25) is 0 Å². The van der Waals surface area contributed by atoms with Crippen molar-refractivity contribution >= 4 is 11.3 Å². The van der Waals surface area contributed by atoms with Gasteiger partial charge in [0, 0.05) is 22.8 Å². The predicted molar refractivity (Wildman–Crippen MR) is 53.8 cm³/mol. The van der Waals surface area contributed by atoms with Gasteiger partial charge in [0.1, 0.15) is 0 Å². The van der Waals surface area contributed by atoms with Crippen LogP contribution in [0.1, 0.15) is 27.8 Å². The number of aryl methyl sites for hydroxylation is 1. The Morgan fingerprint density at radius 3 is 3.08 bits per heavy atom. The van der Waals surface area contributed by atoms with Gasteiger partial charge in [0.15, 0.2) is 0 Å². The van der Waals surface area contributed by atoms with E-state index in [0.717, 1.165) is 13.1 Å². The van der Waals surface area contributed by atoms with Crippen molar-refractivity contribution in [2.24, 2.45) is 0 Å². The molecule has 0 unspecified atom stereocenters. The van der Waals surface area contributed by atoms with Gasteiger partial charge in [-0.15, -0.1) is 11.3 Å². The van der Waals surface area contributed by atoms with Gasteiger partial charge < -0.3 is 5.32 Å². The first-order valence-corrected chi connectivity index (χ1v) is 5.45. The Labute approximate surface area is 77.8 Å². The summed E-state index contributed by atoms with van der Waals surface area (Å²) in [6, 6.07) is 0. The molecule has 0 amide bonds. The van der Waals surface area contributed by atoms with Gasteiger partial charge in [0.2, 0.25) is 0 Å². The molecule has 0 saturated heterocycles. The molecule has 1 N–H and O–H groups in total. The number of thiophene rings is 1. The molecule has 1 aliphatic heterocycles. The fourth-order valence-corrected chi connectivity index (χ4v) is 3.26. The first-order chi connectivity index (χ1) is 5.83. The van der Waals surface area contributed by atoms with Crippen molar-refractivity contribution in [1.82, 2.24) is 5.32 Å². The van der Waals surface area contributed by atoms with Gasteiger partial charge in [0.25, 0.3) is 0 Å². The predicted octanol–water partition coefficient (Wildman–Crippen LogP) is 2.26. The van der Waals surface area contributed by atoms with E-state index >= 15 is 0 Å². The smallest absolute Gasteiger partial charge is 0.0219 e. The Hall–Kier alpha value is -0.340. The molecule has 0 bridgehead atoms. The van der Waals surface area contributed by atoms with Crippen molar-refractivity contribution in [3.63, 3.8) is 0 Å². The van der Waals surface area contributed by atoms with Crippen LogP contribution in [0.15, 0.2) is 0 Å². The lowest BCUT2D eigenvalue weighted by molar-refractivity contribution is 0.647. The van der Waals surface area contributed by atoms with Crippen LogP contribution in [-0.2, 0) is 19.4 Å². The molecule has 1 aromatic heterocycles. The van der Waals surface area contributed by atoms with E-state index in [1.54, 1.807) is 16.0 Å². The molecule has 1 nitrogen and oxygen atoms in total. The second-order valence-electron chi connectivity index (χ2n) is 3.32. The molecule has 2 rings (SSSR count). The van der Waals surface area contributed by atoms with E-state index in [4.69, 9.17) is 0 Å². The number of hydrogen-bond donors (Lipinski definition) is 1. The molecule has 1 aromatic rings. The zero-order chi connectivity index (χ0) is 8.55. The zero-order valence-corrected chi connectivity index (χ0v) is 8.55. The highest BCUT2D eigenvalue weighted by Crippen LogP contribution is 2.30. The van der Waals surface area contributed by atoms with E-state index in [-0.39, 0.29) is 0 Å². The maximum atomic E-state index is 3.44. The van der Waals surface area contributed by atoms with Gasteiger partial charge in [-0.2, -0.15) is 0 Å². The first-order valence-electron chi connectivity index (χ1n) is 4.63. The average molecular weight is 181 g/mol. The van der Waals surface area contributed by atoms with Crippen molar-refractivity contribution < 1.29 is 0 Å². The minimum Gasteiger partial charge on any atom is -0.312 e. The van der Waals surface area contributed by atoms with Crippen LogP contribution in [0, 0.1) is 6.92 Å². The third kappa shape index (κ3) is 1.19. The van der Waals surface area contributed by atoms with Crippen molar-refractivity contribution in [2.45, 2.75) is 33.2 Å². The summed E-state index contributed by atoms with van der Waals surface area (Å²) < 4.78 is 0. The topological polar surface area (TPSA) is 12.0 Å². The molecule has 2 heterocycles. The fourth-order valence-electron chi connectivity index (χ4n) is 1.97. The molecule has 66 valence electrons. The van der Waals surface area contributed by atoms with Gasteiger partial charge in [-0.25, -0.2) is 0 Å². The fraction of sp³-hybridized carbons (Fsp3) is 0.600. The Bertz CT molecular complexity index is 288. The lowest BCUT2D eigenvalue weighted by atomic mass is 10.0. The third-order valence-corrected chi connectivity index (χ3v) is 3.84. The summed E-state index contributed by atoms with van der Waals surface area (Å²) in [5.41, 5.74) is 3.20. The van der Waals surface area contributed by atoms with Gasteiger partial charge in [0.05, 0.1) is 0 Å². The van der Waals surface area contributed by atoms with E-state index in [2.05, 4.69) is 19.2 Å². The Balaban J connectivity index is 2.46. The molecule has 0 fully saturated rings. The highest BCUT2D eigenvalue weighted by molar-refractivity contribution is 7.12. The van der Waals surface area contributed by atoms with Crippen molar-refractivity contribution in [3.05, 3.63) is 20.9 Å². The van der Waals surface area contributed by atoms with Crippen molar-refractivity contribution in [1.29, 1.82) is 0 Å².